The predicted molar refractivity (Wildman–Crippen MR) is 60.3 cm³/mol. The molecule has 1 heterocycles. The van der Waals surface area contributed by atoms with Crippen LogP contribution in [0.25, 0.3) is 0 Å². The molecule has 0 aromatic carbocycles. The van der Waals surface area contributed by atoms with E-state index >= 15 is 0 Å². The van der Waals surface area contributed by atoms with Gasteiger partial charge in [-0.1, -0.05) is 34.6 Å². The summed E-state index contributed by atoms with van der Waals surface area (Å²) in [5.74, 6) is 0. The third kappa shape index (κ3) is 1.98. The lowest BCUT2D eigenvalue weighted by atomic mass is 9.65. The lowest BCUT2D eigenvalue weighted by molar-refractivity contribution is -0.0311. The minimum Gasteiger partial charge on any atom is -0.386 e. The summed E-state index contributed by atoms with van der Waals surface area (Å²) in [6.07, 6.45) is -0.492. The molecule has 0 aliphatic rings. The van der Waals surface area contributed by atoms with Crippen LogP contribution in [-0.4, -0.2) is 9.48 Å². The lowest BCUT2D eigenvalue weighted by Gasteiger charge is -2.41. The molecule has 0 radical (unpaired) electrons. The molecule has 1 N–H and O–H groups in total. The minimum atomic E-state index is -0.492. The highest BCUT2D eigenvalue weighted by molar-refractivity contribution is 7.03. The standard InChI is InChI=1S/C11H19NOS/c1-10(2,3)11(4,5)9(13)8-6-7-14-12-8/h6-7,9,13H,1-5H3. The van der Waals surface area contributed by atoms with E-state index in [9.17, 15) is 5.11 Å². The molecular weight excluding hydrogens is 194 g/mol. The molecule has 0 aliphatic heterocycles. The van der Waals surface area contributed by atoms with E-state index in [0.29, 0.717) is 0 Å². The Bertz CT molecular complexity index is 285. The highest BCUT2D eigenvalue weighted by atomic mass is 32.1. The van der Waals surface area contributed by atoms with Crippen molar-refractivity contribution in [3.63, 3.8) is 0 Å². The summed E-state index contributed by atoms with van der Waals surface area (Å²) in [6.45, 7) is 10.6. The Hall–Kier alpha value is -0.410. The average Bonchev–Trinajstić information content (AvgIpc) is 2.52. The van der Waals surface area contributed by atoms with Crippen LogP contribution in [0.3, 0.4) is 0 Å². The molecule has 14 heavy (non-hydrogen) atoms. The molecule has 0 saturated heterocycles. The first kappa shape index (κ1) is 11.7. The molecule has 3 heteroatoms. The monoisotopic (exact) mass is 213 g/mol. The Morgan fingerprint density at radius 2 is 1.86 bits per heavy atom. The molecule has 0 fully saturated rings. The minimum absolute atomic E-state index is 0.0516. The predicted octanol–water partition coefficient (Wildman–Crippen LogP) is 3.25. The van der Waals surface area contributed by atoms with Crippen LogP contribution in [-0.2, 0) is 0 Å². The number of rotatable bonds is 2. The Morgan fingerprint density at radius 3 is 2.21 bits per heavy atom. The van der Waals surface area contributed by atoms with Crippen molar-refractivity contribution in [1.29, 1.82) is 0 Å². The largest absolute Gasteiger partial charge is 0.386 e. The third-order valence-electron chi connectivity index (χ3n) is 3.35. The summed E-state index contributed by atoms with van der Waals surface area (Å²) in [4.78, 5) is 0. The van der Waals surface area contributed by atoms with E-state index in [2.05, 4.69) is 39.0 Å². The zero-order valence-corrected chi connectivity index (χ0v) is 10.4. The molecule has 1 aromatic rings. The lowest BCUT2D eigenvalue weighted by Crippen LogP contribution is -2.35. The number of aliphatic hydroxyl groups excluding tert-OH is 1. The van der Waals surface area contributed by atoms with Crippen LogP contribution in [0.15, 0.2) is 11.4 Å². The van der Waals surface area contributed by atoms with Crippen molar-refractivity contribution in [1.82, 2.24) is 4.37 Å². The van der Waals surface area contributed by atoms with E-state index in [1.165, 1.54) is 11.5 Å². The molecule has 2 nitrogen and oxygen atoms in total. The van der Waals surface area contributed by atoms with Gasteiger partial charge in [-0.25, -0.2) is 0 Å². The molecule has 1 aromatic heterocycles. The second-order valence-electron chi connectivity index (χ2n) is 5.30. The van der Waals surface area contributed by atoms with Crippen molar-refractivity contribution in [3.05, 3.63) is 17.1 Å². The molecule has 1 rings (SSSR count). The molecule has 80 valence electrons. The van der Waals surface area contributed by atoms with E-state index < -0.39 is 6.10 Å². The van der Waals surface area contributed by atoms with Gasteiger partial charge < -0.3 is 5.11 Å². The van der Waals surface area contributed by atoms with Crippen molar-refractivity contribution >= 4 is 11.5 Å². The summed E-state index contributed by atoms with van der Waals surface area (Å²) in [5.41, 5.74) is 0.659. The molecule has 0 aliphatic carbocycles. The van der Waals surface area contributed by atoms with Gasteiger partial charge in [-0.2, -0.15) is 4.37 Å². The zero-order chi connectivity index (χ0) is 11.0. The third-order valence-corrected chi connectivity index (χ3v) is 3.93. The topological polar surface area (TPSA) is 33.1 Å². The van der Waals surface area contributed by atoms with E-state index in [1.807, 2.05) is 11.4 Å². The fraction of sp³-hybridized carbons (Fsp3) is 0.727. The number of nitrogens with zero attached hydrogens (tertiary/aromatic N) is 1. The van der Waals surface area contributed by atoms with Gasteiger partial charge in [0.2, 0.25) is 0 Å². The van der Waals surface area contributed by atoms with Gasteiger partial charge in [0.05, 0.1) is 5.69 Å². The maximum absolute atomic E-state index is 10.2. The number of aromatic nitrogens is 1. The number of aliphatic hydroxyl groups is 1. The second-order valence-corrected chi connectivity index (χ2v) is 5.96. The van der Waals surface area contributed by atoms with E-state index in [0.717, 1.165) is 5.69 Å². The number of hydrogen-bond acceptors (Lipinski definition) is 3. The maximum Gasteiger partial charge on any atom is 0.103 e. The first-order valence-corrected chi connectivity index (χ1v) is 5.69. The Kier molecular flexibility index (Phi) is 3.02. The van der Waals surface area contributed by atoms with Crippen molar-refractivity contribution in [3.8, 4) is 0 Å². The summed E-state index contributed by atoms with van der Waals surface area (Å²) in [7, 11) is 0. The SMILES string of the molecule is CC(C)(C)C(C)(C)C(O)c1ccsn1. The van der Waals surface area contributed by atoms with Crippen LogP contribution < -0.4 is 0 Å². The van der Waals surface area contributed by atoms with Crippen molar-refractivity contribution in [2.24, 2.45) is 10.8 Å². The van der Waals surface area contributed by atoms with Crippen LogP contribution in [0.1, 0.15) is 46.4 Å². The molecule has 1 unspecified atom stereocenters. The first-order valence-electron chi connectivity index (χ1n) is 4.85. The Labute approximate surface area is 90.1 Å². The second kappa shape index (κ2) is 3.63. The fourth-order valence-electron chi connectivity index (χ4n) is 1.14. The van der Waals surface area contributed by atoms with Crippen molar-refractivity contribution < 1.29 is 5.11 Å². The molecule has 0 spiro atoms. The Morgan fingerprint density at radius 1 is 1.29 bits per heavy atom. The fourth-order valence-corrected chi connectivity index (χ4v) is 1.69. The zero-order valence-electron chi connectivity index (χ0n) is 9.53. The first-order chi connectivity index (χ1) is 6.27. The summed E-state index contributed by atoms with van der Waals surface area (Å²) in [6, 6.07) is 1.89. The molecule has 0 bridgehead atoms. The van der Waals surface area contributed by atoms with E-state index in [1.54, 1.807) is 0 Å². The van der Waals surface area contributed by atoms with Gasteiger partial charge in [-0.15, -0.1) is 0 Å². The smallest absolute Gasteiger partial charge is 0.103 e. The molecule has 1 atom stereocenters. The average molecular weight is 213 g/mol. The van der Waals surface area contributed by atoms with Crippen molar-refractivity contribution in [2.75, 3.05) is 0 Å². The van der Waals surface area contributed by atoms with Gasteiger partial charge in [-0.05, 0) is 23.0 Å². The van der Waals surface area contributed by atoms with Crippen LogP contribution >= 0.6 is 11.5 Å². The Balaban J connectivity index is 2.94. The highest BCUT2D eigenvalue weighted by Crippen LogP contribution is 2.46. The summed E-state index contributed by atoms with van der Waals surface area (Å²) in [5, 5.41) is 12.1. The highest BCUT2D eigenvalue weighted by Gasteiger charge is 2.40. The van der Waals surface area contributed by atoms with Crippen LogP contribution in [0.4, 0.5) is 0 Å². The van der Waals surface area contributed by atoms with Gasteiger partial charge in [0.25, 0.3) is 0 Å². The van der Waals surface area contributed by atoms with Gasteiger partial charge in [-0.3, -0.25) is 0 Å². The normalized spacial score (nSPS) is 15.6. The van der Waals surface area contributed by atoms with Crippen molar-refractivity contribution in [2.45, 2.75) is 40.7 Å². The van der Waals surface area contributed by atoms with Gasteiger partial charge in [0, 0.05) is 10.8 Å². The molecular formula is C11H19NOS. The van der Waals surface area contributed by atoms with E-state index in [-0.39, 0.29) is 10.8 Å². The quantitative estimate of drug-likeness (QED) is 0.818. The maximum atomic E-state index is 10.2. The van der Waals surface area contributed by atoms with Crippen LogP contribution in [0.2, 0.25) is 0 Å². The van der Waals surface area contributed by atoms with Gasteiger partial charge >= 0.3 is 0 Å². The van der Waals surface area contributed by atoms with Gasteiger partial charge in [0.1, 0.15) is 6.10 Å². The van der Waals surface area contributed by atoms with Crippen LogP contribution in [0, 0.1) is 10.8 Å². The number of hydrogen-bond donors (Lipinski definition) is 1. The summed E-state index contributed by atoms with van der Waals surface area (Å²) >= 11 is 1.38. The molecule has 0 amide bonds. The summed E-state index contributed by atoms with van der Waals surface area (Å²) < 4.78 is 4.19. The van der Waals surface area contributed by atoms with Crippen LogP contribution in [0.5, 0.6) is 0 Å². The van der Waals surface area contributed by atoms with E-state index in [4.69, 9.17) is 0 Å². The van der Waals surface area contributed by atoms with Gasteiger partial charge in [0.15, 0.2) is 0 Å². The molecule has 0 saturated carbocycles.